The summed E-state index contributed by atoms with van der Waals surface area (Å²) in [5, 5.41) is 13.8. The minimum absolute atomic E-state index is 0.604. The molecule has 0 amide bonds. The van der Waals surface area contributed by atoms with Gasteiger partial charge in [0.15, 0.2) is 0 Å². The van der Waals surface area contributed by atoms with Crippen LogP contribution in [0.5, 0.6) is 5.75 Å². The normalized spacial score (nSPS) is 18.4. The molecule has 0 aromatic heterocycles. The molecule has 1 aliphatic rings. The van der Waals surface area contributed by atoms with Gasteiger partial charge in [0.1, 0.15) is 5.75 Å². The lowest BCUT2D eigenvalue weighted by atomic mass is 9.96. The van der Waals surface area contributed by atoms with Crippen molar-refractivity contribution in [3.8, 4) is 5.75 Å². The van der Waals surface area contributed by atoms with Crippen LogP contribution in [0.15, 0.2) is 24.3 Å². The lowest BCUT2D eigenvalue weighted by molar-refractivity contribution is 0.0565. The second-order valence-corrected chi connectivity index (χ2v) is 5.30. The van der Waals surface area contributed by atoms with Crippen molar-refractivity contribution in [1.29, 1.82) is 0 Å². The van der Waals surface area contributed by atoms with E-state index in [1.54, 1.807) is 0 Å². The summed E-state index contributed by atoms with van der Waals surface area (Å²) in [6, 6.07) is 8.36. The van der Waals surface area contributed by atoms with Gasteiger partial charge < -0.3 is 15.2 Å². The second kappa shape index (κ2) is 5.72. The van der Waals surface area contributed by atoms with Crippen LogP contribution >= 0.6 is 0 Å². The molecule has 0 bridgehead atoms. The molecule has 0 saturated heterocycles. The van der Waals surface area contributed by atoms with Crippen molar-refractivity contribution in [2.75, 3.05) is 13.2 Å². The van der Waals surface area contributed by atoms with Gasteiger partial charge in [0.05, 0.1) is 12.2 Å². The fourth-order valence-corrected chi connectivity index (χ4v) is 1.86. The SMILES string of the molecule is CCCOc1ccc(C(C)(O)CNC2CC2)cc1. The highest BCUT2D eigenvalue weighted by Crippen LogP contribution is 2.25. The molecule has 1 aromatic rings. The van der Waals surface area contributed by atoms with Crippen LogP contribution < -0.4 is 10.1 Å². The van der Waals surface area contributed by atoms with Gasteiger partial charge in [-0.2, -0.15) is 0 Å². The zero-order valence-electron chi connectivity index (χ0n) is 11.3. The van der Waals surface area contributed by atoms with Crippen LogP contribution in [-0.2, 0) is 5.60 Å². The molecule has 0 spiro atoms. The van der Waals surface area contributed by atoms with Crippen LogP contribution in [0, 0.1) is 0 Å². The van der Waals surface area contributed by atoms with Crippen LogP contribution in [0.3, 0.4) is 0 Å². The Morgan fingerprint density at radius 2 is 2.00 bits per heavy atom. The molecule has 1 atom stereocenters. The molecule has 0 radical (unpaired) electrons. The molecule has 18 heavy (non-hydrogen) atoms. The lowest BCUT2D eigenvalue weighted by Crippen LogP contribution is -2.36. The number of rotatable bonds is 7. The van der Waals surface area contributed by atoms with Gasteiger partial charge in [-0.3, -0.25) is 0 Å². The highest BCUT2D eigenvalue weighted by molar-refractivity contribution is 5.30. The zero-order valence-corrected chi connectivity index (χ0v) is 11.3. The van der Waals surface area contributed by atoms with Gasteiger partial charge in [0, 0.05) is 12.6 Å². The minimum atomic E-state index is -0.814. The van der Waals surface area contributed by atoms with E-state index in [0.29, 0.717) is 12.6 Å². The number of ether oxygens (including phenoxy) is 1. The first kappa shape index (κ1) is 13.4. The van der Waals surface area contributed by atoms with Crippen LogP contribution in [0.1, 0.15) is 38.7 Å². The molecule has 1 fully saturated rings. The summed E-state index contributed by atoms with van der Waals surface area (Å²) < 4.78 is 5.53. The predicted molar refractivity (Wildman–Crippen MR) is 72.8 cm³/mol. The number of hydrogen-bond acceptors (Lipinski definition) is 3. The van der Waals surface area contributed by atoms with E-state index in [0.717, 1.165) is 24.3 Å². The third-order valence-electron chi connectivity index (χ3n) is 3.26. The van der Waals surface area contributed by atoms with Crippen LogP contribution in [0.4, 0.5) is 0 Å². The Balaban J connectivity index is 1.93. The zero-order chi connectivity index (χ0) is 13.0. The Bertz CT molecular complexity index is 369. The smallest absolute Gasteiger partial charge is 0.119 e. The highest BCUT2D eigenvalue weighted by atomic mass is 16.5. The van der Waals surface area contributed by atoms with Crippen molar-refractivity contribution in [3.05, 3.63) is 29.8 Å². The lowest BCUT2D eigenvalue weighted by Gasteiger charge is -2.24. The average molecular weight is 249 g/mol. The summed E-state index contributed by atoms with van der Waals surface area (Å²) in [5.41, 5.74) is 0.116. The fourth-order valence-electron chi connectivity index (χ4n) is 1.86. The van der Waals surface area contributed by atoms with Gasteiger partial charge in [-0.25, -0.2) is 0 Å². The number of nitrogens with one attached hydrogen (secondary N) is 1. The van der Waals surface area contributed by atoms with E-state index < -0.39 is 5.60 Å². The standard InChI is InChI=1S/C15H23NO2/c1-3-10-18-14-8-4-12(5-9-14)15(2,17)11-16-13-6-7-13/h4-5,8-9,13,16-17H,3,6-7,10-11H2,1-2H3. The summed E-state index contributed by atoms with van der Waals surface area (Å²) in [6.07, 6.45) is 3.48. The Labute approximate surface area is 109 Å². The Morgan fingerprint density at radius 3 is 2.56 bits per heavy atom. The maximum Gasteiger partial charge on any atom is 0.119 e. The van der Waals surface area contributed by atoms with Crippen LogP contribution in [-0.4, -0.2) is 24.3 Å². The van der Waals surface area contributed by atoms with Gasteiger partial charge in [-0.1, -0.05) is 19.1 Å². The largest absolute Gasteiger partial charge is 0.494 e. The van der Waals surface area contributed by atoms with Crippen LogP contribution in [0.2, 0.25) is 0 Å². The number of hydrogen-bond donors (Lipinski definition) is 2. The maximum atomic E-state index is 10.4. The molecular formula is C15H23NO2. The highest BCUT2D eigenvalue weighted by Gasteiger charge is 2.27. The third kappa shape index (κ3) is 3.72. The molecule has 100 valence electrons. The molecule has 3 heteroatoms. The van der Waals surface area contributed by atoms with Crippen molar-refractivity contribution in [2.24, 2.45) is 0 Å². The Hall–Kier alpha value is -1.06. The van der Waals surface area contributed by atoms with Crippen molar-refractivity contribution in [3.63, 3.8) is 0 Å². The van der Waals surface area contributed by atoms with E-state index in [1.165, 1.54) is 12.8 Å². The quantitative estimate of drug-likeness (QED) is 0.780. The van der Waals surface area contributed by atoms with E-state index >= 15 is 0 Å². The first-order chi connectivity index (χ1) is 8.62. The Kier molecular flexibility index (Phi) is 4.25. The number of benzene rings is 1. The van der Waals surface area contributed by atoms with E-state index in [9.17, 15) is 5.11 Å². The summed E-state index contributed by atoms with van der Waals surface area (Å²) in [7, 11) is 0. The number of aliphatic hydroxyl groups is 1. The van der Waals surface area contributed by atoms with E-state index in [1.807, 2.05) is 31.2 Å². The monoisotopic (exact) mass is 249 g/mol. The van der Waals surface area contributed by atoms with Crippen LogP contribution in [0.25, 0.3) is 0 Å². The van der Waals surface area contributed by atoms with Crippen molar-refractivity contribution in [1.82, 2.24) is 5.32 Å². The topological polar surface area (TPSA) is 41.5 Å². The minimum Gasteiger partial charge on any atom is -0.494 e. The Morgan fingerprint density at radius 1 is 1.33 bits per heavy atom. The molecule has 2 N–H and O–H groups in total. The molecule has 1 aromatic carbocycles. The molecule has 0 heterocycles. The van der Waals surface area contributed by atoms with Gasteiger partial charge in [-0.05, 0) is 43.9 Å². The summed E-state index contributed by atoms with van der Waals surface area (Å²) in [4.78, 5) is 0. The average Bonchev–Trinajstić information content (AvgIpc) is 3.19. The van der Waals surface area contributed by atoms with Crippen molar-refractivity contribution >= 4 is 0 Å². The maximum absolute atomic E-state index is 10.4. The van der Waals surface area contributed by atoms with E-state index in [2.05, 4.69) is 12.2 Å². The first-order valence-corrected chi connectivity index (χ1v) is 6.81. The third-order valence-corrected chi connectivity index (χ3v) is 3.26. The molecule has 1 aliphatic carbocycles. The van der Waals surface area contributed by atoms with Gasteiger partial charge >= 0.3 is 0 Å². The summed E-state index contributed by atoms with van der Waals surface area (Å²) >= 11 is 0. The van der Waals surface area contributed by atoms with Gasteiger partial charge in [0.2, 0.25) is 0 Å². The second-order valence-electron chi connectivity index (χ2n) is 5.30. The fraction of sp³-hybridized carbons (Fsp3) is 0.600. The summed E-state index contributed by atoms with van der Waals surface area (Å²) in [6.45, 7) is 5.28. The molecule has 3 nitrogen and oxygen atoms in total. The molecule has 0 aliphatic heterocycles. The van der Waals surface area contributed by atoms with E-state index in [-0.39, 0.29) is 0 Å². The summed E-state index contributed by atoms with van der Waals surface area (Å²) in [5.74, 6) is 0.867. The predicted octanol–water partition coefficient (Wildman–Crippen LogP) is 2.43. The first-order valence-electron chi connectivity index (χ1n) is 6.81. The molecule has 1 unspecified atom stereocenters. The molecular weight excluding hydrogens is 226 g/mol. The van der Waals surface area contributed by atoms with Gasteiger partial charge in [-0.15, -0.1) is 0 Å². The van der Waals surface area contributed by atoms with Gasteiger partial charge in [0.25, 0.3) is 0 Å². The van der Waals surface area contributed by atoms with E-state index in [4.69, 9.17) is 4.74 Å². The molecule has 2 rings (SSSR count). The van der Waals surface area contributed by atoms with Crippen molar-refractivity contribution in [2.45, 2.75) is 44.8 Å². The van der Waals surface area contributed by atoms with Crippen molar-refractivity contribution < 1.29 is 9.84 Å². The molecule has 1 saturated carbocycles.